The fraction of sp³-hybridized carbons (Fsp3) is 0.556. The van der Waals surface area contributed by atoms with Crippen LogP contribution in [0.5, 0.6) is 0 Å². The van der Waals surface area contributed by atoms with Crippen LogP contribution < -0.4 is 0 Å². The third-order valence-electron chi connectivity index (χ3n) is 3.72. The van der Waals surface area contributed by atoms with E-state index in [-0.39, 0.29) is 12.1 Å². The Kier molecular flexibility index (Phi) is 4.67. The highest BCUT2D eigenvalue weighted by molar-refractivity contribution is 5.69. The van der Waals surface area contributed by atoms with Crippen molar-refractivity contribution in [3.63, 3.8) is 0 Å². The summed E-state index contributed by atoms with van der Waals surface area (Å²) >= 11 is 0. The standard InChI is InChI=1S/C18H24N2O3/c1-17(2,3)23-16(21)20-15(12-22-18(20,4)5)10-13-6-8-14(11-19)9-7-13/h6-9,15H,10,12H2,1-5H3/t15-/m0/s1. The molecule has 0 aliphatic carbocycles. The van der Waals surface area contributed by atoms with E-state index in [1.165, 1.54) is 0 Å². The SMILES string of the molecule is CC(C)(C)OC(=O)N1[C@@H](Cc2ccc(C#N)cc2)COC1(C)C. The second-order valence-electron chi connectivity index (χ2n) is 7.27. The van der Waals surface area contributed by atoms with Gasteiger partial charge in [-0.1, -0.05) is 12.1 Å². The molecule has 1 aliphatic rings. The lowest BCUT2D eigenvalue weighted by atomic mass is 10.0. The molecular formula is C18H24N2O3. The van der Waals surface area contributed by atoms with Gasteiger partial charge in [0.15, 0.2) is 0 Å². The molecule has 1 aromatic carbocycles. The van der Waals surface area contributed by atoms with Gasteiger partial charge in [-0.05, 0) is 58.7 Å². The lowest BCUT2D eigenvalue weighted by Crippen LogP contribution is -2.50. The Morgan fingerprint density at radius 3 is 2.52 bits per heavy atom. The molecule has 1 aliphatic heterocycles. The van der Waals surface area contributed by atoms with E-state index in [1.54, 1.807) is 17.0 Å². The van der Waals surface area contributed by atoms with Gasteiger partial charge in [0.25, 0.3) is 0 Å². The summed E-state index contributed by atoms with van der Waals surface area (Å²) in [5.41, 5.74) is 0.443. The van der Waals surface area contributed by atoms with E-state index in [0.29, 0.717) is 18.6 Å². The third kappa shape index (κ3) is 4.23. The number of amides is 1. The average molecular weight is 316 g/mol. The quantitative estimate of drug-likeness (QED) is 0.838. The molecule has 0 spiro atoms. The molecule has 5 heteroatoms. The Bertz CT molecular complexity index is 609. The fourth-order valence-electron chi connectivity index (χ4n) is 2.70. The molecule has 1 saturated heterocycles. The predicted octanol–water partition coefficient (Wildman–Crippen LogP) is 3.47. The van der Waals surface area contributed by atoms with Crippen LogP contribution in [0.4, 0.5) is 4.79 Å². The summed E-state index contributed by atoms with van der Waals surface area (Å²) in [7, 11) is 0. The zero-order valence-corrected chi connectivity index (χ0v) is 14.4. The second kappa shape index (κ2) is 6.21. The molecule has 1 amide bonds. The number of rotatable bonds is 2. The molecule has 1 fully saturated rings. The smallest absolute Gasteiger partial charge is 0.412 e. The molecule has 1 aromatic rings. The van der Waals surface area contributed by atoms with Crippen molar-refractivity contribution in [1.29, 1.82) is 5.26 Å². The van der Waals surface area contributed by atoms with Crippen molar-refractivity contribution in [2.24, 2.45) is 0 Å². The van der Waals surface area contributed by atoms with Gasteiger partial charge < -0.3 is 9.47 Å². The van der Waals surface area contributed by atoms with Gasteiger partial charge in [-0.25, -0.2) is 4.79 Å². The van der Waals surface area contributed by atoms with Crippen LogP contribution in [-0.4, -0.2) is 35.0 Å². The van der Waals surface area contributed by atoms with E-state index in [0.717, 1.165) is 5.56 Å². The zero-order chi connectivity index (χ0) is 17.3. The van der Waals surface area contributed by atoms with Crippen molar-refractivity contribution in [3.8, 4) is 6.07 Å². The van der Waals surface area contributed by atoms with E-state index < -0.39 is 11.3 Å². The summed E-state index contributed by atoms with van der Waals surface area (Å²) < 4.78 is 11.3. The van der Waals surface area contributed by atoms with Gasteiger partial charge in [0.05, 0.1) is 24.3 Å². The first kappa shape index (κ1) is 17.3. The Morgan fingerprint density at radius 1 is 1.39 bits per heavy atom. The van der Waals surface area contributed by atoms with E-state index >= 15 is 0 Å². The van der Waals surface area contributed by atoms with Crippen molar-refractivity contribution < 1.29 is 14.3 Å². The van der Waals surface area contributed by atoms with Crippen LogP contribution in [0.25, 0.3) is 0 Å². The molecule has 0 radical (unpaired) electrons. The topological polar surface area (TPSA) is 62.6 Å². The lowest BCUT2D eigenvalue weighted by Gasteiger charge is -2.35. The highest BCUT2D eigenvalue weighted by Gasteiger charge is 2.45. The van der Waals surface area contributed by atoms with Crippen LogP contribution in [0.2, 0.25) is 0 Å². The number of carbonyl (C=O) groups excluding carboxylic acids is 1. The summed E-state index contributed by atoms with van der Waals surface area (Å²) in [6.07, 6.45) is 0.299. The second-order valence-corrected chi connectivity index (χ2v) is 7.27. The van der Waals surface area contributed by atoms with Crippen LogP contribution in [0.15, 0.2) is 24.3 Å². The normalized spacial score (nSPS) is 20.2. The molecule has 0 saturated carbocycles. The Hall–Kier alpha value is -2.06. The van der Waals surface area contributed by atoms with Crippen LogP contribution in [-0.2, 0) is 15.9 Å². The number of nitriles is 1. The molecule has 0 aromatic heterocycles. The Morgan fingerprint density at radius 2 is 2.00 bits per heavy atom. The first-order valence-corrected chi connectivity index (χ1v) is 7.78. The maximum absolute atomic E-state index is 12.6. The van der Waals surface area contributed by atoms with E-state index in [9.17, 15) is 4.79 Å². The van der Waals surface area contributed by atoms with Crippen LogP contribution in [0.1, 0.15) is 45.7 Å². The van der Waals surface area contributed by atoms with Gasteiger partial charge in [0.2, 0.25) is 0 Å². The Labute approximate surface area is 137 Å². The third-order valence-corrected chi connectivity index (χ3v) is 3.72. The molecule has 23 heavy (non-hydrogen) atoms. The molecule has 0 unspecified atom stereocenters. The van der Waals surface area contributed by atoms with Crippen molar-refractivity contribution in [2.45, 2.75) is 58.4 Å². The Balaban J connectivity index is 2.16. The molecule has 1 atom stereocenters. The highest BCUT2D eigenvalue weighted by atomic mass is 16.6. The van der Waals surface area contributed by atoms with Crippen molar-refractivity contribution in [3.05, 3.63) is 35.4 Å². The van der Waals surface area contributed by atoms with Gasteiger partial charge in [-0.2, -0.15) is 5.26 Å². The highest BCUT2D eigenvalue weighted by Crippen LogP contribution is 2.31. The van der Waals surface area contributed by atoms with Gasteiger partial charge in [0, 0.05) is 0 Å². The number of nitrogens with zero attached hydrogens (tertiary/aromatic N) is 2. The number of hydrogen-bond donors (Lipinski definition) is 0. The molecular weight excluding hydrogens is 292 g/mol. The zero-order valence-electron chi connectivity index (χ0n) is 14.4. The first-order chi connectivity index (χ1) is 10.6. The van der Waals surface area contributed by atoms with Crippen LogP contribution in [0, 0.1) is 11.3 Å². The molecule has 0 N–H and O–H groups in total. The number of benzene rings is 1. The number of hydrogen-bond acceptors (Lipinski definition) is 4. The van der Waals surface area contributed by atoms with Crippen LogP contribution in [0.3, 0.4) is 0 Å². The van der Waals surface area contributed by atoms with E-state index in [4.69, 9.17) is 14.7 Å². The maximum Gasteiger partial charge on any atom is 0.412 e. The summed E-state index contributed by atoms with van der Waals surface area (Å²) in [6, 6.07) is 9.41. The fourth-order valence-corrected chi connectivity index (χ4v) is 2.70. The lowest BCUT2D eigenvalue weighted by molar-refractivity contribution is -0.0624. The van der Waals surface area contributed by atoms with Gasteiger partial charge in [0.1, 0.15) is 11.3 Å². The average Bonchev–Trinajstić information content (AvgIpc) is 2.72. The summed E-state index contributed by atoms with van der Waals surface area (Å²) in [5, 5.41) is 8.86. The maximum atomic E-state index is 12.6. The minimum Gasteiger partial charge on any atom is -0.444 e. The van der Waals surface area contributed by atoms with Crippen LogP contribution >= 0.6 is 0 Å². The van der Waals surface area contributed by atoms with E-state index in [2.05, 4.69) is 6.07 Å². The molecule has 2 rings (SSSR count). The number of carbonyl (C=O) groups is 1. The van der Waals surface area contributed by atoms with Crippen molar-refractivity contribution >= 4 is 6.09 Å². The number of ether oxygens (including phenoxy) is 2. The molecule has 0 bridgehead atoms. The minimum absolute atomic E-state index is 0.0900. The summed E-state index contributed by atoms with van der Waals surface area (Å²) in [4.78, 5) is 14.2. The van der Waals surface area contributed by atoms with Gasteiger partial charge >= 0.3 is 6.09 Å². The minimum atomic E-state index is -0.695. The molecule has 5 nitrogen and oxygen atoms in total. The predicted molar refractivity (Wildman–Crippen MR) is 86.8 cm³/mol. The largest absolute Gasteiger partial charge is 0.444 e. The van der Waals surface area contributed by atoms with Gasteiger partial charge in [-0.3, -0.25) is 4.90 Å². The van der Waals surface area contributed by atoms with Crippen molar-refractivity contribution in [1.82, 2.24) is 4.90 Å². The van der Waals surface area contributed by atoms with E-state index in [1.807, 2.05) is 46.8 Å². The summed E-state index contributed by atoms with van der Waals surface area (Å²) in [6.45, 7) is 9.76. The molecule has 124 valence electrons. The van der Waals surface area contributed by atoms with Gasteiger partial charge in [-0.15, -0.1) is 0 Å². The molecule has 1 heterocycles. The van der Waals surface area contributed by atoms with Crippen molar-refractivity contribution in [2.75, 3.05) is 6.61 Å². The summed E-state index contributed by atoms with van der Waals surface area (Å²) in [5.74, 6) is 0. The monoisotopic (exact) mass is 316 g/mol. The first-order valence-electron chi connectivity index (χ1n) is 7.78.